The Bertz CT molecular complexity index is 2960. The second-order valence-corrected chi connectivity index (χ2v) is 33.4. The summed E-state index contributed by atoms with van der Waals surface area (Å²) < 4.78 is 96.9. The third-order valence-corrected chi connectivity index (χ3v) is 28.1. The summed E-state index contributed by atoms with van der Waals surface area (Å²) in [5.41, 5.74) is -7.22. The minimum atomic E-state index is -4.39. The zero-order valence-electron chi connectivity index (χ0n) is 55.9. The number of epoxide rings is 1. The molecule has 10 aliphatic carbocycles. The monoisotopic (exact) mass is 1200 g/mol. The molecule has 0 N–H and O–H groups in total. The van der Waals surface area contributed by atoms with Crippen LogP contribution in [0.2, 0.25) is 0 Å². The number of Topliss-reactive ketones (excluding diaryl/α,β-unsaturated/α-hetero) is 6. The lowest BCUT2D eigenvalue weighted by Gasteiger charge is -2.72. The predicted molar refractivity (Wildman–Crippen MR) is 313 cm³/mol. The normalized spacial score (nSPS) is 46.6. The van der Waals surface area contributed by atoms with Crippen LogP contribution in [0.3, 0.4) is 0 Å². The van der Waals surface area contributed by atoms with Crippen LogP contribution in [0.15, 0.2) is 11.8 Å². The van der Waals surface area contributed by atoms with Gasteiger partial charge < -0.3 is 4.79 Å². The van der Waals surface area contributed by atoms with Gasteiger partial charge in [0.2, 0.25) is 5.70 Å². The summed E-state index contributed by atoms with van der Waals surface area (Å²) in [6, 6.07) is 0. The van der Waals surface area contributed by atoms with Crippen LogP contribution in [0.1, 0.15) is 243 Å². The fourth-order valence-electron chi connectivity index (χ4n) is 23.4. The lowest BCUT2D eigenvalue weighted by atomic mass is 9.31. The van der Waals surface area contributed by atoms with Gasteiger partial charge in [-0.1, -0.05) is 118 Å². The summed E-state index contributed by atoms with van der Waals surface area (Å²) in [6.07, 6.45) is -0.534. The van der Waals surface area contributed by atoms with E-state index in [0.29, 0.717) is 64.2 Å². The van der Waals surface area contributed by atoms with E-state index in [0.717, 1.165) is 38.5 Å². The van der Waals surface area contributed by atoms with Crippen molar-refractivity contribution in [3.05, 3.63) is 34.6 Å². The third-order valence-electron chi connectivity index (χ3n) is 28.1. The Balaban J connectivity index is 0.000000214. The Hall–Kier alpha value is -3.72. The molecule has 9 nitrogen and oxygen atoms in total. The second-order valence-electron chi connectivity index (χ2n) is 33.4. The van der Waals surface area contributed by atoms with E-state index in [4.69, 9.17) is 20.6 Å². The van der Waals surface area contributed by atoms with Gasteiger partial charge in [0, 0.05) is 67.3 Å². The standard InChI is InChI=1S/C34H46F3NO4.C34H46F3NO3.2CH4/c1-27(2)13-15-32(23(40)10-12-33(35,36)37)16-14-30(6)24(19(32)18-27)20(39)17-22-29(30,5)11-9-21-28(3,4)25(41)34(38-8)26(42-34)31(21,22)7;1-28(2)13-15-33(25(40)10-12-34(35,36)37)16-14-32(7)26(20(33)18-28)22(39)17-24-30(5)19-21(38-8)27(41)29(3,4)23(30)9-11-31(24,32)6;;/h19,21-22,24,26H,9-18H2,1-7H3;19-20,23-24,26H,9-18H2,1-7H3;2*1H4/t19-,21-,22-,24-,26+,29+,30+,31-,32-,34-;20-,23-,24+,26-,30-,31+,32+,33-;;/m00../s1/i;;2*1T. The Morgan fingerprint density at radius 2 is 0.988 bits per heavy atom. The Labute approximate surface area is 506 Å². The van der Waals surface area contributed by atoms with Gasteiger partial charge in [0.25, 0.3) is 5.78 Å². The number of hydrogen-bond acceptors (Lipinski definition) is 7. The summed E-state index contributed by atoms with van der Waals surface area (Å²) in [4.78, 5) is 91.0. The van der Waals surface area contributed by atoms with Crippen molar-refractivity contribution in [2.45, 2.75) is 264 Å². The minimum absolute atomic E-state index is 0.0132. The van der Waals surface area contributed by atoms with Crippen molar-refractivity contribution >= 4 is 34.7 Å². The van der Waals surface area contributed by atoms with Crippen molar-refractivity contribution in [3.8, 4) is 0 Å². The maximum atomic E-state index is 14.6. The Morgan fingerprint density at radius 3 is 1.41 bits per heavy atom. The summed E-state index contributed by atoms with van der Waals surface area (Å²) >= 11 is 0. The third kappa shape index (κ3) is 9.20. The molecule has 0 radical (unpaired) electrons. The smallest absolute Gasteiger partial charge is 0.307 e. The van der Waals surface area contributed by atoms with Crippen molar-refractivity contribution in [1.29, 1.82) is 0 Å². The van der Waals surface area contributed by atoms with Crippen LogP contribution in [0, 0.1) is 125 Å². The lowest BCUT2D eigenvalue weighted by Crippen LogP contribution is -2.71. The molecule has 1 heterocycles. The fourth-order valence-corrected chi connectivity index (χ4v) is 23.4. The van der Waals surface area contributed by atoms with Crippen LogP contribution in [0.5, 0.6) is 0 Å². The van der Waals surface area contributed by atoms with Crippen molar-refractivity contribution in [3.63, 3.8) is 0 Å². The Kier molecular flexibility index (Phi) is 15.2. The second kappa shape index (κ2) is 20.1. The molecule has 0 spiro atoms. The first-order valence-electron chi connectivity index (χ1n) is 33.4. The molecule has 0 bridgehead atoms. The number of halogens is 6. The van der Waals surface area contributed by atoms with Gasteiger partial charge in [-0.05, 0) is 163 Å². The molecule has 1 saturated heterocycles. The van der Waals surface area contributed by atoms with Crippen LogP contribution in [0.4, 0.5) is 26.3 Å². The van der Waals surface area contributed by atoms with Crippen LogP contribution < -0.4 is 0 Å². The first kappa shape index (κ1) is 64.3. The topological polar surface area (TPSA) is 124 Å². The quantitative estimate of drug-likeness (QED) is 0.147. The lowest BCUT2D eigenvalue weighted by molar-refractivity contribution is -0.233. The highest BCUT2D eigenvalue weighted by Gasteiger charge is 2.88. The van der Waals surface area contributed by atoms with Crippen LogP contribution in [-0.4, -0.2) is 58.9 Å². The SMILES string of the molecule is [3H]C.[3H]C.[C-]#[N+]C1=C[C@]2(C)[C@H]3CC(=O)[C@@H]4[C@@H]5CC(C)(C)CC[C@]5(C(=O)CCC(F)(F)F)CC[C@@]4(C)[C@]3(C)CC[C@H]2C(C)(C)C1=O.[C-]#[N+][C@@]12O[C@@H]1[C@]1(C)[C@H]3CC(=O)[C@@H]4[C@@H]5CC(C)(C)CC[C@]5(C(=O)CCC(F)(F)F)CC[C@@]4(C)[C@]3(C)CC[C@H]1C(C)(C)C2=O. The maximum Gasteiger partial charge on any atom is 0.424 e. The van der Waals surface area contributed by atoms with E-state index >= 15 is 0 Å². The number of ketones is 6. The van der Waals surface area contributed by atoms with E-state index in [1.54, 1.807) is 0 Å². The van der Waals surface area contributed by atoms with Gasteiger partial charge in [0.05, 0.1) is 19.4 Å². The van der Waals surface area contributed by atoms with Gasteiger partial charge in [0.15, 0.2) is 11.9 Å². The number of nitrogens with zero attached hydrogens (tertiary/aromatic N) is 2. The highest BCUT2D eigenvalue weighted by Crippen LogP contribution is 2.80. The molecule has 15 heteroatoms. The van der Waals surface area contributed by atoms with Gasteiger partial charge in [0.1, 0.15) is 23.1 Å². The first-order chi connectivity index (χ1) is 39.8. The molecule has 0 aromatic heterocycles. The van der Waals surface area contributed by atoms with Crippen LogP contribution >= 0.6 is 0 Å². The molecule has 474 valence electrons. The maximum absolute atomic E-state index is 14.6. The number of fused-ring (bicyclic) bond motifs is 16. The molecule has 85 heavy (non-hydrogen) atoms. The number of rotatable bonds is 6. The van der Waals surface area contributed by atoms with Gasteiger partial charge in [-0.25, -0.2) is 11.4 Å². The summed E-state index contributed by atoms with van der Waals surface area (Å²) in [5.74, 6) is -2.11. The Morgan fingerprint density at radius 1 is 0.576 bits per heavy atom. The van der Waals surface area contributed by atoms with Gasteiger partial charge in [-0.2, -0.15) is 26.3 Å². The van der Waals surface area contributed by atoms with Crippen molar-refractivity contribution in [2.24, 2.45) is 112 Å². The molecular formula is C70H100F6N2O7. The number of alkyl halides is 6. The van der Waals surface area contributed by atoms with Crippen molar-refractivity contribution in [1.82, 2.24) is 0 Å². The summed E-state index contributed by atoms with van der Waals surface area (Å²) in [5, 5.41) is 0. The number of hydrogen-bond donors (Lipinski definition) is 0. The molecule has 1 aliphatic heterocycles. The van der Waals surface area contributed by atoms with E-state index in [1.165, 1.54) is 14.8 Å². The van der Waals surface area contributed by atoms with E-state index in [-0.39, 0.29) is 103 Å². The van der Waals surface area contributed by atoms with Crippen molar-refractivity contribution in [2.75, 3.05) is 0 Å². The van der Waals surface area contributed by atoms with E-state index in [1.807, 2.05) is 33.8 Å². The molecule has 11 rings (SSSR count). The average molecular weight is 1200 g/mol. The summed E-state index contributed by atoms with van der Waals surface area (Å²) in [6.45, 7) is 45.4. The molecule has 0 amide bonds. The zero-order valence-corrected chi connectivity index (χ0v) is 53.9. The van der Waals surface area contributed by atoms with E-state index in [2.05, 4.69) is 78.9 Å². The molecule has 0 unspecified atom stereocenters. The minimum Gasteiger partial charge on any atom is -0.307 e. The van der Waals surface area contributed by atoms with Crippen LogP contribution in [0.25, 0.3) is 9.69 Å². The largest absolute Gasteiger partial charge is 0.424 e. The summed E-state index contributed by atoms with van der Waals surface area (Å²) in [7, 11) is 2.50. The fraction of sp³-hybridized carbons (Fsp3) is 0.857. The number of carbonyl (C=O) groups excluding carboxylic acids is 6. The van der Waals surface area contributed by atoms with Gasteiger partial charge in [-0.15, -0.1) is 0 Å². The molecule has 9 saturated carbocycles. The molecule has 10 fully saturated rings. The first-order valence-corrected chi connectivity index (χ1v) is 31.4. The van der Waals surface area contributed by atoms with Crippen molar-refractivity contribution < 1.29 is 62.6 Å². The number of ether oxygens (including phenoxy) is 1. The average Bonchev–Trinajstić information content (AvgIpc) is 1.62. The molecule has 0 aromatic carbocycles. The number of carbonyl (C=O) groups is 6. The zero-order chi connectivity index (χ0) is 65.7. The van der Waals surface area contributed by atoms with E-state index < -0.39 is 99.1 Å². The van der Waals surface area contributed by atoms with Gasteiger partial charge in [-0.3, -0.25) is 33.6 Å². The molecule has 0 aromatic rings. The molecule has 11 aliphatic rings. The van der Waals surface area contributed by atoms with Gasteiger partial charge >= 0.3 is 18.1 Å². The highest BCUT2D eigenvalue weighted by atomic mass is 19.4. The number of allylic oxidation sites excluding steroid dienone is 2. The van der Waals surface area contributed by atoms with Crippen LogP contribution in [-0.2, 0) is 33.5 Å². The predicted octanol–water partition coefficient (Wildman–Crippen LogP) is 17.6. The van der Waals surface area contributed by atoms with E-state index in [9.17, 15) is 55.1 Å². The highest BCUT2D eigenvalue weighted by molar-refractivity contribution is 6.02. The molecule has 18 atom stereocenters. The molecular weight excluding hydrogens is 1090 g/mol.